The molecule has 0 radical (unpaired) electrons. The smallest absolute Gasteiger partial charge is 0.319 e. The first-order valence-electron chi connectivity index (χ1n) is 8.18. The number of urea groups is 1. The highest BCUT2D eigenvalue weighted by Crippen LogP contribution is 2.41. The predicted octanol–water partition coefficient (Wildman–Crippen LogP) is 2.99. The fraction of sp³-hybridized carbons (Fsp3) is 0.529. The molecule has 2 amide bonds. The van der Waals surface area contributed by atoms with E-state index in [4.69, 9.17) is 4.42 Å². The van der Waals surface area contributed by atoms with Crippen molar-refractivity contribution in [3.05, 3.63) is 24.1 Å². The Morgan fingerprint density at radius 2 is 2.17 bits per heavy atom. The normalized spacial score (nSPS) is 20.3. The van der Waals surface area contributed by atoms with Crippen LogP contribution in [0.4, 0.5) is 10.5 Å². The van der Waals surface area contributed by atoms with Gasteiger partial charge in [0, 0.05) is 11.6 Å². The molecule has 6 heteroatoms. The Labute approximate surface area is 134 Å². The van der Waals surface area contributed by atoms with E-state index in [0.717, 1.165) is 42.7 Å². The minimum Gasteiger partial charge on any atom is -0.440 e. The van der Waals surface area contributed by atoms with E-state index in [1.165, 1.54) is 0 Å². The first-order valence-corrected chi connectivity index (χ1v) is 8.18. The van der Waals surface area contributed by atoms with E-state index < -0.39 is 5.54 Å². The summed E-state index contributed by atoms with van der Waals surface area (Å²) in [5.74, 6) is 1.62. The largest absolute Gasteiger partial charge is 0.440 e. The van der Waals surface area contributed by atoms with Crippen LogP contribution in [0, 0.1) is 5.92 Å². The van der Waals surface area contributed by atoms with Crippen molar-refractivity contribution >= 4 is 22.8 Å². The summed E-state index contributed by atoms with van der Waals surface area (Å²) in [6.45, 7) is 1.82. The summed E-state index contributed by atoms with van der Waals surface area (Å²) in [6.07, 6.45) is 4.38. The minimum atomic E-state index is -0.554. The van der Waals surface area contributed by atoms with E-state index in [1.807, 2.05) is 19.1 Å². The molecule has 0 bridgehead atoms. The Kier molecular flexibility index (Phi) is 3.30. The van der Waals surface area contributed by atoms with Crippen molar-refractivity contribution in [3.8, 4) is 0 Å². The van der Waals surface area contributed by atoms with E-state index in [9.17, 15) is 9.90 Å². The van der Waals surface area contributed by atoms with Gasteiger partial charge < -0.3 is 20.2 Å². The lowest BCUT2D eigenvalue weighted by molar-refractivity contribution is 0.159. The molecule has 0 aliphatic heterocycles. The van der Waals surface area contributed by atoms with Gasteiger partial charge in [-0.2, -0.15) is 0 Å². The van der Waals surface area contributed by atoms with Crippen LogP contribution in [0.5, 0.6) is 0 Å². The highest BCUT2D eigenvalue weighted by atomic mass is 16.3. The fourth-order valence-corrected chi connectivity index (χ4v) is 2.94. The van der Waals surface area contributed by atoms with Crippen LogP contribution < -0.4 is 10.6 Å². The van der Waals surface area contributed by atoms with Gasteiger partial charge in [-0.3, -0.25) is 0 Å². The molecule has 3 N–H and O–H groups in total. The second kappa shape index (κ2) is 5.23. The molecule has 0 spiro atoms. The summed E-state index contributed by atoms with van der Waals surface area (Å²) in [7, 11) is 0. The molecule has 2 aliphatic rings. The van der Waals surface area contributed by atoms with E-state index in [2.05, 4.69) is 15.6 Å². The molecular weight excluding hydrogens is 294 g/mol. The lowest BCUT2D eigenvalue weighted by Gasteiger charge is -2.28. The maximum atomic E-state index is 12.2. The van der Waals surface area contributed by atoms with Crippen molar-refractivity contribution in [1.82, 2.24) is 10.3 Å². The number of aromatic nitrogens is 1. The average molecular weight is 315 g/mol. The number of hydrogen-bond acceptors (Lipinski definition) is 4. The Bertz CT molecular complexity index is 749. The Morgan fingerprint density at radius 3 is 2.83 bits per heavy atom. The van der Waals surface area contributed by atoms with E-state index in [1.54, 1.807) is 6.07 Å². The van der Waals surface area contributed by atoms with Crippen LogP contribution in [0.3, 0.4) is 0 Å². The number of aliphatic hydroxyl groups is 1. The summed E-state index contributed by atoms with van der Waals surface area (Å²) in [4.78, 5) is 16.7. The SMILES string of the molecule is CC(CO)(NC(=O)Nc1ccc2oc(C3CC3)nc2c1)C1CC1. The number of rotatable bonds is 5. The molecule has 2 saturated carbocycles. The third-order valence-corrected chi connectivity index (χ3v) is 4.79. The second-order valence-corrected chi connectivity index (χ2v) is 6.94. The maximum absolute atomic E-state index is 12.2. The summed E-state index contributed by atoms with van der Waals surface area (Å²) >= 11 is 0. The molecular formula is C17H21N3O3. The van der Waals surface area contributed by atoms with Crippen LogP contribution in [0.15, 0.2) is 22.6 Å². The van der Waals surface area contributed by atoms with Gasteiger partial charge in [0.1, 0.15) is 5.52 Å². The van der Waals surface area contributed by atoms with E-state index >= 15 is 0 Å². The molecule has 23 heavy (non-hydrogen) atoms. The summed E-state index contributed by atoms with van der Waals surface area (Å²) in [5, 5.41) is 15.3. The topological polar surface area (TPSA) is 87.4 Å². The van der Waals surface area contributed by atoms with Gasteiger partial charge in [0.15, 0.2) is 11.5 Å². The van der Waals surface area contributed by atoms with Gasteiger partial charge in [-0.1, -0.05) is 0 Å². The fourth-order valence-electron chi connectivity index (χ4n) is 2.94. The first kappa shape index (κ1) is 14.5. The first-order chi connectivity index (χ1) is 11.1. The number of carbonyl (C=O) groups excluding carboxylic acids is 1. The zero-order chi connectivity index (χ0) is 16.0. The number of benzene rings is 1. The molecule has 1 unspecified atom stereocenters. The van der Waals surface area contributed by atoms with Crippen LogP contribution in [0.2, 0.25) is 0 Å². The number of oxazole rings is 1. The number of fused-ring (bicyclic) bond motifs is 1. The molecule has 2 aliphatic carbocycles. The predicted molar refractivity (Wildman–Crippen MR) is 86.4 cm³/mol. The third-order valence-electron chi connectivity index (χ3n) is 4.79. The molecule has 4 rings (SSSR count). The monoisotopic (exact) mass is 315 g/mol. The van der Waals surface area contributed by atoms with E-state index in [-0.39, 0.29) is 12.6 Å². The molecule has 2 aromatic rings. The molecule has 1 aromatic carbocycles. The number of anilines is 1. The quantitative estimate of drug-likeness (QED) is 0.791. The number of hydrogen-bond donors (Lipinski definition) is 3. The highest BCUT2D eigenvalue weighted by molar-refractivity contribution is 5.92. The Hall–Kier alpha value is -2.08. The summed E-state index contributed by atoms with van der Waals surface area (Å²) in [5.41, 5.74) is 1.62. The standard InChI is InChI=1S/C17H21N3O3/c1-17(9-21,11-4-5-11)20-16(22)18-12-6-7-14-13(8-12)19-15(23-14)10-2-3-10/h6-8,10-11,21H,2-5,9H2,1H3,(H2,18,20,22). The zero-order valence-electron chi connectivity index (χ0n) is 13.1. The van der Waals surface area contributed by atoms with Crippen LogP contribution in [0.1, 0.15) is 44.4 Å². The third kappa shape index (κ3) is 2.91. The molecule has 1 heterocycles. The summed E-state index contributed by atoms with van der Waals surface area (Å²) < 4.78 is 5.72. The van der Waals surface area contributed by atoms with Crippen molar-refractivity contribution in [2.24, 2.45) is 5.92 Å². The van der Waals surface area contributed by atoms with Gasteiger partial charge in [0.25, 0.3) is 0 Å². The van der Waals surface area contributed by atoms with Crippen LogP contribution in [0.25, 0.3) is 11.1 Å². The van der Waals surface area contributed by atoms with E-state index in [0.29, 0.717) is 17.5 Å². The number of aliphatic hydroxyl groups excluding tert-OH is 1. The van der Waals surface area contributed by atoms with Gasteiger partial charge >= 0.3 is 6.03 Å². The molecule has 0 saturated heterocycles. The summed E-state index contributed by atoms with van der Waals surface area (Å²) in [6, 6.07) is 5.14. The van der Waals surface area contributed by atoms with Crippen molar-refractivity contribution < 1.29 is 14.3 Å². The lowest BCUT2D eigenvalue weighted by atomic mass is 9.97. The molecule has 6 nitrogen and oxygen atoms in total. The van der Waals surface area contributed by atoms with Crippen LogP contribution in [-0.2, 0) is 0 Å². The molecule has 1 atom stereocenters. The zero-order valence-corrected chi connectivity index (χ0v) is 13.1. The van der Waals surface area contributed by atoms with Gasteiger partial charge in [-0.15, -0.1) is 0 Å². The van der Waals surface area contributed by atoms with Gasteiger partial charge in [0.2, 0.25) is 0 Å². The Morgan fingerprint density at radius 1 is 1.39 bits per heavy atom. The number of nitrogens with one attached hydrogen (secondary N) is 2. The van der Waals surface area contributed by atoms with Gasteiger partial charge in [-0.05, 0) is 56.7 Å². The lowest BCUT2D eigenvalue weighted by Crippen LogP contribution is -2.52. The maximum Gasteiger partial charge on any atom is 0.319 e. The number of amides is 2. The minimum absolute atomic E-state index is 0.0574. The van der Waals surface area contributed by atoms with Crippen molar-refractivity contribution in [2.75, 3.05) is 11.9 Å². The van der Waals surface area contributed by atoms with Gasteiger partial charge in [0.05, 0.1) is 12.1 Å². The molecule has 2 fully saturated rings. The van der Waals surface area contributed by atoms with Crippen LogP contribution in [-0.4, -0.2) is 28.3 Å². The Balaban J connectivity index is 1.47. The van der Waals surface area contributed by atoms with Gasteiger partial charge in [-0.25, -0.2) is 9.78 Å². The van der Waals surface area contributed by atoms with Crippen molar-refractivity contribution in [2.45, 2.75) is 44.1 Å². The van der Waals surface area contributed by atoms with Crippen molar-refractivity contribution in [3.63, 3.8) is 0 Å². The van der Waals surface area contributed by atoms with Crippen LogP contribution >= 0.6 is 0 Å². The number of carbonyl (C=O) groups is 1. The molecule has 122 valence electrons. The number of nitrogens with zero attached hydrogens (tertiary/aromatic N) is 1. The molecule has 1 aromatic heterocycles. The average Bonchev–Trinajstić information content (AvgIpc) is 3.42. The second-order valence-electron chi connectivity index (χ2n) is 6.94. The van der Waals surface area contributed by atoms with Crippen molar-refractivity contribution in [1.29, 1.82) is 0 Å². The highest BCUT2D eigenvalue weighted by Gasteiger charge is 2.42.